The SMILES string of the molecule is CN(C)C1CC(C=O)CCN1C(=O)OC(C)(C)C. The van der Waals surface area contributed by atoms with Crippen LogP contribution in [0.3, 0.4) is 0 Å². The van der Waals surface area contributed by atoms with Crippen LogP contribution in [-0.2, 0) is 9.53 Å². The van der Waals surface area contributed by atoms with Gasteiger partial charge in [-0.3, -0.25) is 9.80 Å². The van der Waals surface area contributed by atoms with E-state index >= 15 is 0 Å². The van der Waals surface area contributed by atoms with Crippen molar-refractivity contribution in [1.82, 2.24) is 9.80 Å². The van der Waals surface area contributed by atoms with E-state index in [1.807, 2.05) is 39.8 Å². The highest BCUT2D eigenvalue weighted by molar-refractivity contribution is 5.69. The molecule has 1 heterocycles. The molecule has 2 unspecified atom stereocenters. The fraction of sp³-hybridized carbons (Fsp3) is 0.846. The summed E-state index contributed by atoms with van der Waals surface area (Å²) in [6, 6.07) is 0. The molecule has 1 aliphatic rings. The van der Waals surface area contributed by atoms with Gasteiger partial charge in [0.05, 0.1) is 6.17 Å². The van der Waals surface area contributed by atoms with E-state index in [1.165, 1.54) is 0 Å². The van der Waals surface area contributed by atoms with Crippen LogP contribution in [0.5, 0.6) is 0 Å². The van der Waals surface area contributed by atoms with E-state index < -0.39 is 5.60 Å². The molecule has 1 saturated heterocycles. The van der Waals surface area contributed by atoms with Crippen LogP contribution in [0, 0.1) is 5.92 Å². The van der Waals surface area contributed by atoms with Crippen molar-refractivity contribution in [2.24, 2.45) is 5.92 Å². The molecule has 1 aliphatic heterocycles. The van der Waals surface area contributed by atoms with E-state index in [1.54, 1.807) is 4.90 Å². The third-order valence-electron chi connectivity index (χ3n) is 3.03. The molecule has 2 atom stereocenters. The Labute approximate surface area is 109 Å². The molecule has 5 nitrogen and oxygen atoms in total. The van der Waals surface area contributed by atoms with Gasteiger partial charge < -0.3 is 9.53 Å². The normalized spacial score (nSPS) is 25.1. The maximum Gasteiger partial charge on any atom is 0.411 e. The highest BCUT2D eigenvalue weighted by Gasteiger charge is 2.35. The van der Waals surface area contributed by atoms with Crippen LogP contribution >= 0.6 is 0 Å². The number of amides is 1. The Bertz CT molecular complexity index is 310. The Morgan fingerprint density at radius 1 is 1.39 bits per heavy atom. The summed E-state index contributed by atoms with van der Waals surface area (Å²) in [6.07, 6.45) is 2.01. The van der Waals surface area contributed by atoms with E-state index in [-0.39, 0.29) is 18.2 Å². The number of rotatable bonds is 2. The highest BCUT2D eigenvalue weighted by atomic mass is 16.6. The van der Waals surface area contributed by atoms with Gasteiger partial charge in [-0.2, -0.15) is 0 Å². The molecule has 1 fully saturated rings. The summed E-state index contributed by atoms with van der Waals surface area (Å²) in [5.41, 5.74) is -0.491. The molecular weight excluding hydrogens is 232 g/mol. The molecule has 0 radical (unpaired) electrons. The van der Waals surface area contributed by atoms with Crippen LogP contribution in [0.4, 0.5) is 4.79 Å². The van der Waals surface area contributed by atoms with Crippen LogP contribution < -0.4 is 0 Å². The first-order valence-electron chi connectivity index (χ1n) is 6.36. The topological polar surface area (TPSA) is 49.9 Å². The molecule has 0 aromatic rings. The standard InChI is InChI=1S/C13H24N2O3/c1-13(2,3)18-12(17)15-7-6-10(9-16)8-11(15)14(4)5/h9-11H,6-8H2,1-5H3. The van der Waals surface area contributed by atoms with Crippen molar-refractivity contribution in [2.75, 3.05) is 20.6 Å². The Balaban J connectivity index is 2.74. The molecule has 0 N–H and O–H groups in total. The molecule has 1 amide bonds. The average molecular weight is 256 g/mol. The first-order valence-corrected chi connectivity index (χ1v) is 6.36. The highest BCUT2D eigenvalue weighted by Crippen LogP contribution is 2.24. The minimum Gasteiger partial charge on any atom is -0.444 e. The van der Waals surface area contributed by atoms with Crippen molar-refractivity contribution in [3.05, 3.63) is 0 Å². The molecular formula is C13H24N2O3. The zero-order valence-corrected chi connectivity index (χ0v) is 12.0. The molecule has 5 heteroatoms. The van der Waals surface area contributed by atoms with Gasteiger partial charge in [0, 0.05) is 12.5 Å². The lowest BCUT2D eigenvalue weighted by Gasteiger charge is -2.41. The third-order valence-corrected chi connectivity index (χ3v) is 3.03. The number of hydrogen-bond acceptors (Lipinski definition) is 4. The van der Waals surface area contributed by atoms with Crippen molar-refractivity contribution >= 4 is 12.4 Å². The molecule has 104 valence electrons. The summed E-state index contributed by atoms with van der Waals surface area (Å²) in [5.74, 6) is 0.0380. The van der Waals surface area contributed by atoms with Gasteiger partial charge >= 0.3 is 6.09 Å². The summed E-state index contributed by atoms with van der Waals surface area (Å²) in [4.78, 5) is 26.7. The van der Waals surface area contributed by atoms with Crippen molar-refractivity contribution in [2.45, 2.75) is 45.4 Å². The number of hydrogen-bond donors (Lipinski definition) is 0. The second-order valence-electron chi connectivity index (χ2n) is 6.04. The van der Waals surface area contributed by atoms with Crippen LogP contribution in [0.25, 0.3) is 0 Å². The van der Waals surface area contributed by atoms with Gasteiger partial charge in [0.1, 0.15) is 11.9 Å². The summed E-state index contributed by atoms with van der Waals surface area (Å²) in [7, 11) is 3.82. The number of nitrogens with zero attached hydrogens (tertiary/aromatic N) is 2. The largest absolute Gasteiger partial charge is 0.444 e. The van der Waals surface area contributed by atoms with E-state index in [2.05, 4.69) is 0 Å². The summed E-state index contributed by atoms with van der Waals surface area (Å²) >= 11 is 0. The second kappa shape index (κ2) is 5.69. The van der Waals surface area contributed by atoms with Crippen LogP contribution in [0.1, 0.15) is 33.6 Å². The maximum atomic E-state index is 12.1. The van der Waals surface area contributed by atoms with Crippen molar-refractivity contribution in [1.29, 1.82) is 0 Å². The van der Waals surface area contributed by atoms with E-state index in [0.717, 1.165) is 6.29 Å². The zero-order valence-electron chi connectivity index (χ0n) is 12.0. The molecule has 0 saturated carbocycles. The Morgan fingerprint density at radius 2 is 2.00 bits per heavy atom. The summed E-state index contributed by atoms with van der Waals surface area (Å²) in [5, 5.41) is 0. The quantitative estimate of drug-likeness (QED) is 0.706. The Kier molecular flexibility index (Phi) is 4.73. The molecule has 0 bridgehead atoms. The predicted octanol–water partition coefficient (Wildman–Crippen LogP) is 1.72. The fourth-order valence-electron chi connectivity index (χ4n) is 2.12. The fourth-order valence-corrected chi connectivity index (χ4v) is 2.12. The predicted molar refractivity (Wildman–Crippen MR) is 69.2 cm³/mol. The summed E-state index contributed by atoms with van der Waals surface area (Å²) in [6.45, 7) is 6.14. The van der Waals surface area contributed by atoms with Crippen molar-refractivity contribution in [3.63, 3.8) is 0 Å². The van der Waals surface area contributed by atoms with Crippen LogP contribution in [0.2, 0.25) is 0 Å². The van der Waals surface area contributed by atoms with Gasteiger partial charge in [-0.15, -0.1) is 0 Å². The van der Waals surface area contributed by atoms with E-state index in [9.17, 15) is 9.59 Å². The lowest BCUT2D eigenvalue weighted by molar-refractivity contribution is -0.114. The number of aldehydes is 1. The molecule has 0 aliphatic carbocycles. The van der Waals surface area contributed by atoms with Gasteiger partial charge in [-0.25, -0.2) is 4.79 Å². The molecule has 0 aromatic heterocycles. The van der Waals surface area contributed by atoms with Gasteiger partial charge in [0.25, 0.3) is 0 Å². The molecule has 0 spiro atoms. The monoisotopic (exact) mass is 256 g/mol. The number of likely N-dealkylation sites (tertiary alicyclic amines) is 1. The minimum atomic E-state index is -0.491. The molecule has 1 rings (SSSR count). The molecule has 18 heavy (non-hydrogen) atoms. The average Bonchev–Trinajstić information content (AvgIpc) is 2.25. The Morgan fingerprint density at radius 3 is 2.44 bits per heavy atom. The van der Waals surface area contributed by atoms with Gasteiger partial charge in [-0.1, -0.05) is 0 Å². The minimum absolute atomic E-state index is 0.0380. The summed E-state index contributed by atoms with van der Waals surface area (Å²) < 4.78 is 5.40. The number of carbonyl (C=O) groups excluding carboxylic acids is 2. The van der Waals surface area contributed by atoms with Gasteiger partial charge in [-0.05, 0) is 47.7 Å². The van der Waals surface area contributed by atoms with Gasteiger partial charge in [0.15, 0.2) is 0 Å². The lowest BCUT2D eigenvalue weighted by atomic mass is 9.95. The lowest BCUT2D eigenvalue weighted by Crippen LogP contribution is -2.54. The Hall–Kier alpha value is -1.10. The first-order chi connectivity index (χ1) is 8.24. The number of carbonyl (C=O) groups is 2. The zero-order chi connectivity index (χ0) is 13.9. The number of piperidine rings is 1. The van der Waals surface area contributed by atoms with Crippen LogP contribution in [-0.4, -0.2) is 54.6 Å². The second-order valence-corrected chi connectivity index (χ2v) is 6.04. The van der Waals surface area contributed by atoms with Crippen molar-refractivity contribution in [3.8, 4) is 0 Å². The molecule has 0 aromatic carbocycles. The third kappa shape index (κ3) is 3.98. The first kappa shape index (κ1) is 15.0. The van der Waals surface area contributed by atoms with Gasteiger partial charge in [0.2, 0.25) is 0 Å². The smallest absolute Gasteiger partial charge is 0.411 e. The maximum absolute atomic E-state index is 12.1. The van der Waals surface area contributed by atoms with Crippen LogP contribution in [0.15, 0.2) is 0 Å². The number of ether oxygens (including phenoxy) is 1. The van der Waals surface area contributed by atoms with E-state index in [0.29, 0.717) is 19.4 Å². The van der Waals surface area contributed by atoms with E-state index in [4.69, 9.17) is 4.74 Å². The van der Waals surface area contributed by atoms with Crippen molar-refractivity contribution < 1.29 is 14.3 Å².